The van der Waals surface area contributed by atoms with E-state index in [-0.39, 0.29) is 0 Å². The lowest BCUT2D eigenvalue weighted by Crippen LogP contribution is -2.59. The summed E-state index contributed by atoms with van der Waals surface area (Å²) in [6.45, 7) is 13.7. The van der Waals surface area contributed by atoms with Crippen LogP contribution < -0.4 is 5.32 Å². The van der Waals surface area contributed by atoms with Crippen LogP contribution in [0.15, 0.2) is 0 Å². The summed E-state index contributed by atoms with van der Waals surface area (Å²) in [5.74, 6) is 0. The van der Waals surface area contributed by atoms with Crippen molar-refractivity contribution in [2.24, 2.45) is 5.41 Å². The first-order chi connectivity index (χ1) is 10.1. The fraction of sp³-hybridized carbons (Fsp3) is 1.00. The Morgan fingerprint density at radius 1 is 1.00 bits per heavy atom. The highest BCUT2D eigenvalue weighted by molar-refractivity contribution is 4.99. The maximum Gasteiger partial charge on any atom is 0.0274 e. The number of hydrogen-bond acceptors (Lipinski definition) is 3. The van der Waals surface area contributed by atoms with Gasteiger partial charge < -0.3 is 5.32 Å². The Balaban J connectivity index is 1.73. The van der Waals surface area contributed by atoms with Gasteiger partial charge in [0.2, 0.25) is 0 Å². The molecule has 0 amide bonds. The molecule has 0 aromatic heterocycles. The van der Waals surface area contributed by atoms with Crippen molar-refractivity contribution >= 4 is 0 Å². The molecule has 3 atom stereocenters. The van der Waals surface area contributed by atoms with Crippen molar-refractivity contribution in [3.05, 3.63) is 0 Å². The topological polar surface area (TPSA) is 18.5 Å². The Hall–Kier alpha value is -0.120. The van der Waals surface area contributed by atoms with E-state index in [1.807, 2.05) is 0 Å². The summed E-state index contributed by atoms with van der Waals surface area (Å²) >= 11 is 0. The number of rotatable bonds is 3. The zero-order valence-electron chi connectivity index (χ0n) is 14.4. The van der Waals surface area contributed by atoms with Gasteiger partial charge in [0.05, 0.1) is 0 Å². The molecule has 3 nitrogen and oxygen atoms in total. The molecule has 0 aromatic rings. The molecule has 1 saturated carbocycles. The van der Waals surface area contributed by atoms with E-state index < -0.39 is 0 Å². The fourth-order valence-corrected chi connectivity index (χ4v) is 5.17. The van der Waals surface area contributed by atoms with E-state index in [1.165, 1.54) is 64.7 Å². The number of fused-ring (bicyclic) bond motifs is 1. The summed E-state index contributed by atoms with van der Waals surface area (Å²) in [7, 11) is 0. The average molecular weight is 293 g/mol. The lowest BCUT2D eigenvalue weighted by Gasteiger charge is -2.49. The fourth-order valence-electron chi connectivity index (χ4n) is 5.17. The second-order valence-corrected chi connectivity index (χ2v) is 8.16. The zero-order chi connectivity index (χ0) is 14.9. The molecule has 3 unspecified atom stereocenters. The first kappa shape index (κ1) is 15.8. The quantitative estimate of drug-likeness (QED) is 0.863. The van der Waals surface area contributed by atoms with Gasteiger partial charge >= 0.3 is 0 Å². The van der Waals surface area contributed by atoms with E-state index in [2.05, 4.69) is 35.9 Å². The van der Waals surface area contributed by atoms with Gasteiger partial charge in [-0.15, -0.1) is 0 Å². The number of nitrogens with zero attached hydrogens (tertiary/aromatic N) is 2. The number of nitrogens with one attached hydrogen (secondary N) is 1. The van der Waals surface area contributed by atoms with Crippen molar-refractivity contribution < 1.29 is 0 Å². The van der Waals surface area contributed by atoms with Crippen LogP contribution in [0.25, 0.3) is 0 Å². The molecule has 0 spiro atoms. The molecule has 1 N–H and O–H groups in total. The van der Waals surface area contributed by atoms with Gasteiger partial charge in [0.25, 0.3) is 0 Å². The first-order valence-electron chi connectivity index (χ1n) is 9.33. The van der Waals surface area contributed by atoms with E-state index in [1.54, 1.807) is 0 Å². The van der Waals surface area contributed by atoms with Crippen LogP contribution in [0, 0.1) is 5.41 Å². The maximum absolute atomic E-state index is 3.85. The number of likely N-dealkylation sites (N-methyl/N-ethyl adjacent to an activating group) is 1. The van der Waals surface area contributed by atoms with E-state index in [0.717, 1.165) is 18.6 Å². The monoisotopic (exact) mass is 293 g/mol. The van der Waals surface area contributed by atoms with Crippen molar-refractivity contribution in [1.82, 2.24) is 15.1 Å². The summed E-state index contributed by atoms with van der Waals surface area (Å²) in [6.07, 6.45) is 8.40. The van der Waals surface area contributed by atoms with Gasteiger partial charge in [-0.05, 0) is 63.7 Å². The summed E-state index contributed by atoms with van der Waals surface area (Å²) in [4.78, 5) is 5.63. The molecule has 122 valence electrons. The number of hydrogen-bond donors (Lipinski definition) is 1. The molecule has 1 aliphatic carbocycles. The van der Waals surface area contributed by atoms with Gasteiger partial charge in [-0.25, -0.2) is 0 Å². The van der Waals surface area contributed by atoms with Crippen LogP contribution in [0.4, 0.5) is 0 Å². The molecule has 2 saturated heterocycles. The largest absolute Gasteiger partial charge is 0.312 e. The van der Waals surface area contributed by atoms with Crippen LogP contribution in [0.3, 0.4) is 0 Å². The maximum atomic E-state index is 3.85. The Morgan fingerprint density at radius 3 is 2.57 bits per heavy atom. The van der Waals surface area contributed by atoms with Crippen LogP contribution in [-0.4, -0.2) is 60.6 Å². The molecule has 3 rings (SSSR count). The highest BCUT2D eigenvalue weighted by Crippen LogP contribution is 2.38. The van der Waals surface area contributed by atoms with Gasteiger partial charge in [0.1, 0.15) is 0 Å². The summed E-state index contributed by atoms with van der Waals surface area (Å²) in [6, 6.07) is 2.28. The molecule has 3 fully saturated rings. The van der Waals surface area contributed by atoms with E-state index in [9.17, 15) is 0 Å². The Morgan fingerprint density at radius 2 is 1.76 bits per heavy atom. The normalized spacial score (nSPS) is 38.1. The van der Waals surface area contributed by atoms with Crippen LogP contribution in [0.2, 0.25) is 0 Å². The average Bonchev–Trinajstić information content (AvgIpc) is 2.78. The van der Waals surface area contributed by atoms with E-state index in [0.29, 0.717) is 11.5 Å². The van der Waals surface area contributed by atoms with E-state index >= 15 is 0 Å². The Bertz CT molecular complexity index is 341. The molecule has 21 heavy (non-hydrogen) atoms. The molecule has 0 bridgehead atoms. The third kappa shape index (κ3) is 3.30. The van der Waals surface area contributed by atoms with Gasteiger partial charge in [-0.1, -0.05) is 27.2 Å². The van der Waals surface area contributed by atoms with Crippen molar-refractivity contribution in [2.75, 3.05) is 32.7 Å². The third-order valence-corrected chi connectivity index (χ3v) is 6.28. The predicted octanol–water partition coefficient (Wildman–Crippen LogP) is 2.71. The summed E-state index contributed by atoms with van der Waals surface area (Å²) in [5, 5.41) is 3.85. The Kier molecular flexibility index (Phi) is 4.92. The molecular formula is C18H35N3. The van der Waals surface area contributed by atoms with E-state index in [4.69, 9.17) is 0 Å². The van der Waals surface area contributed by atoms with Crippen molar-refractivity contribution in [3.8, 4) is 0 Å². The standard InChI is InChI=1S/C18H35N3/c1-4-19-17-16(9-5-10-18(17,2)3)21-13-7-12-20-11-6-8-15(20)14-21/h15-17,19H,4-14H2,1-3H3. The molecule has 3 heteroatoms. The van der Waals surface area contributed by atoms with Gasteiger partial charge in [0, 0.05) is 24.7 Å². The van der Waals surface area contributed by atoms with Gasteiger partial charge in [-0.3, -0.25) is 9.80 Å². The molecule has 0 radical (unpaired) electrons. The third-order valence-electron chi connectivity index (χ3n) is 6.28. The SMILES string of the molecule is CCNC1C(N2CCCN3CCCC3C2)CCCC1(C)C. The minimum absolute atomic E-state index is 0.445. The van der Waals surface area contributed by atoms with Crippen LogP contribution in [-0.2, 0) is 0 Å². The molecular weight excluding hydrogens is 258 g/mol. The zero-order valence-corrected chi connectivity index (χ0v) is 14.4. The highest BCUT2D eigenvalue weighted by atomic mass is 15.3. The summed E-state index contributed by atoms with van der Waals surface area (Å²) in [5.41, 5.74) is 0.445. The van der Waals surface area contributed by atoms with Crippen LogP contribution in [0.5, 0.6) is 0 Å². The second-order valence-electron chi connectivity index (χ2n) is 8.16. The first-order valence-corrected chi connectivity index (χ1v) is 9.33. The second kappa shape index (κ2) is 6.55. The molecule has 2 heterocycles. The lowest BCUT2D eigenvalue weighted by molar-refractivity contribution is 0.0452. The molecule has 0 aromatic carbocycles. The van der Waals surface area contributed by atoms with Crippen molar-refractivity contribution in [3.63, 3.8) is 0 Å². The Labute approximate surface area is 131 Å². The summed E-state index contributed by atoms with van der Waals surface area (Å²) < 4.78 is 0. The van der Waals surface area contributed by atoms with Gasteiger partial charge in [0.15, 0.2) is 0 Å². The van der Waals surface area contributed by atoms with Gasteiger partial charge in [-0.2, -0.15) is 0 Å². The van der Waals surface area contributed by atoms with Crippen molar-refractivity contribution in [1.29, 1.82) is 0 Å². The highest BCUT2D eigenvalue weighted by Gasteiger charge is 2.42. The lowest BCUT2D eigenvalue weighted by atomic mass is 9.70. The minimum Gasteiger partial charge on any atom is -0.312 e. The van der Waals surface area contributed by atoms with Crippen molar-refractivity contribution in [2.45, 2.75) is 77.4 Å². The minimum atomic E-state index is 0.445. The smallest absolute Gasteiger partial charge is 0.0274 e. The van der Waals surface area contributed by atoms with Crippen LogP contribution in [0.1, 0.15) is 59.3 Å². The molecule has 3 aliphatic rings. The van der Waals surface area contributed by atoms with Crippen LogP contribution >= 0.6 is 0 Å². The predicted molar refractivity (Wildman–Crippen MR) is 89.7 cm³/mol. The molecule has 2 aliphatic heterocycles.